The molecule has 0 radical (unpaired) electrons. The Hall–Kier alpha value is -0.610. The molecular weight excluding hydrogens is 178 g/mol. The number of hydrogen-bond donors (Lipinski definition) is 1. The van der Waals surface area contributed by atoms with Crippen molar-refractivity contribution < 1.29 is 4.74 Å². The molecule has 80 valence electrons. The normalized spacial score (nSPS) is 29.5. The summed E-state index contributed by atoms with van der Waals surface area (Å²) < 4.78 is 5.31. The van der Waals surface area contributed by atoms with E-state index in [-0.39, 0.29) is 0 Å². The van der Waals surface area contributed by atoms with Gasteiger partial charge in [0.2, 0.25) is 0 Å². The summed E-state index contributed by atoms with van der Waals surface area (Å²) in [7, 11) is 2.14. The zero-order valence-electron chi connectivity index (χ0n) is 8.83. The number of rotatable bonds is 1. The van der Waals surface area contributed by atoms with E-state index in [1.165, 1.54) is 0 Å². The third-order valence-electron chi connectivity index (χ3n) is 3.16. The number of ether oxygens (including phenoxy) is 1. The predicted molar refractivity (Wildman–Crippen MR) is 55.7 cm³/mol. The van der Waals surface area contributed by atoms with Gasteiger partial charge in [0, 0.05) is 38.7 Å². The fourth-order valence-corrected chi connectivity index (χ4v) is 2.06. The highest BCUT2D eigenvalue weighted by molar-refractivity contribution is 5.82. The summed E-state index contributed by atoms with van der Waals surface area (Å²) in [5.41, 5.74) is 0. The Kier molecular flexibility index (Phi) is 3.03. The highest BCUT2D eigenvalue weighted by Gasteiger charge is 2.26. The summed E-state index contributed by atoms with van der Waals surface area (Å²) in [6, 6.07) is 0. The first-order valence-electron chi connectivity index (χ1n) is 5.37. The van der Waals surface area contributed by atoms with Crippen LogP contribution in [0.2, 0.25) is 0 Å². The van der Waals surface area contributed by atoms with Crippen molar-refractivity contribution in [2.24, 2.45) is 5.92 Å². The van der Waals surface area contributed by atoms with Crippen LogP contribution in [-0.4, -0.2) is 62.1 Å². The third-order valence-corrected chi connectivity index (χ3v) is 3.16. The molecule has 0 amide bonds. The van der Waals surface area contributed by atoms with Gasteiger partial charge in [-0.1, -0.05) is 0 Å². The van der Waals surface area contributed by atoms with Crippen LogP contribution in [0.25, 0.3) is 0 Å². The first-order valence-corrected chi connectivity index (χ1v) is 5.37. The molecule has 0 bridgehead atoms. The van der Waals surface area contributed by atoms with Gasteiger partial charge in [0.1, 0.15) is 5.84 Å². The average molecular weight is 197 g/mol. The highest BCUT2D eigenvalue weighted by Crippen LogP contribution is 2.16. The van der Waals surface area contributed by atoms with Gasteiger partial charge in [0.15, 0.2) is 0 Å². The molecule has 2 rings (SSSR count). The fourth-order valence-electron chi connectivity index (χ4n) is 2.06. The van der Waals surface area contributed by atoms with E-state index in [0.29, 0.717) is 5.92 Å². The van der Waals surface area contributed by atoms with Gasteiger partial charge in [-0.25, -0.2) is 0 Å². The van der Waals surface area contributed by atoms with E-state index >= 15 is 0 Å². The number of likely N-dealkylation sites (N-methyl/N-ethyl adjacent to an activating group) is 1. The van der Waals surface area contributed by atoms with E-state index in [9.17, 15) is 0 Å². The second kappa shape index (κ2) is 4.28. The van der Waals surface area contributed by atoms with Crippen LogP contribution in [0.15, 0.2) is 0 Å². The quantitative estimate of drug-likeness (QED) is 0.484. The van der Waals surface area contributed by atoms with Crippen LogP contribution in [-0.2, 0) is 4.74 Å². The van der Waals surface area contributed by atoms with Crippen LogP contribution in [0.3, 0.4) is 0 Å². The van der Waals surface area contributed by atoms with Gasteiger partial charge in [-0.2, -0.15) is 0 Å². The lowest BCUT2D eigenvalue weighted by atomic mass is 10.1. The second-order valence-corrected chi connectivity index (χ2v) is 4.24. The molecule has 0 aliphatic carbocycles. The van der Waals surface area contributed by atoms with E-state index in [0.717, 1.165) is 51.6 Å². The Labute approximate surface area is 85.3 Å². The van der Waals surface area contributed by atoms with Crippen molar-refractivity contribution in [3.63, 3.8) is 0 Å². The van der Waals surface area contributed by atoms with E-state index in [1.807, 2.05) is 0 Å². The van der Waals surface area contributed by atoms with Crippen LogP contribution in [0.1, 0.15) is 6.42 Å². The lowest BCUT2D eigenvalue weighted by Crippen LogP contribution is -2.48. The molecular formula is C10H19N3O. The Morgan fingerprint density at radius 2 is 2.00 bits per heavy atom. The van der Waals surface area contributed by atoms with Gasteiger partial charge in [0.05, 0.1) is 6.61 Å². The number of nitrogens with zero attached hydrogens (tertiary/aromatic N) is 2. The fraction of sp³-hybridized carbons (Fsp3) is 0.900. The van der Waals surface area contributed by atoms with Crippen LogP contribution in [0, 0.1) is 11.3 Å². The molecule has 4 nitrogen and oxygen atoms in total. The first kappa shape index (κ1) is 9.93. The minimum atomic E-state index is 0.360. The van der Waals surface area contributed by atoms with Crippen molar-refractivity contribution in [2.75, 3.05) is 46.4 Å². The van der Waals surface area contributed by atoms with Crippen molar-refractivity contribution in [3.05, 3.63) is 0 Å². The number of nitrogens with one attached hydrogen (secondary N) is 1. The summed E-state index contributed by atoms with van der Waals surface area (Å²) in [5.74, 6) is 1.16. The smallest absolute Gasteiger partial charge is 0.101 e. The molecule has 2 saturated heterocycles. The molecule has 0 spiro atoms. The maximum absolute atomic E-state index is 8.07. The predicted octanol–water partition coefficient (Wildman–Crippen LogP) is 0.248. The van der Waals surface area contributed by atoms with Crippen molar-refractivity contribution in [1.82, 2.24) is 9.80 Å². The summed E-state index contributed by atoms with van der Waals surface area (Å²) in [6.45, 7) is 5.76. The highest BCUT2D eigenvalue weighted by atomic mass is 16.5. The summed E-state index contributed by atoms with van der Waals surface area (Å²) in [4.78, 5) is 4.52. The SMILES string of the molecule is CN1CCN(C(=N)C2CCOC2)CC1. The third kappa shape index (κ3) is 2.07. The Balaban J connectivity index is 1.85. The van der Waals surface area contributed by atoms with Crippen LogP contribution in [0.5, 0.6) is 0 Å². The van der Waals surface area contributed by atoms with Crippen LogP contribution in [0.4, 0.5) is 0 Å². The van der Waals surface area contributed by atoms with Gasteiger partial charge in [0.25, 0.3) is 0 Å². The molecule has 1 N–H and O–H groups in total. The zero-order valence-corrected chi connectivity index (χ0v) is 8.83. The number of piperazine rings is 1. The molecule has 2 aliphatic heterocycles. The van der Waals surface area contributed by atoms with Gasteiger partial charge in [-0.05, 0) is 13.5 Å². The molecule has 0 aromatic carbocycles. The van der Waals surface area contributed by atoms with Crippen molar-refractivity contribution in [3.8, 4) is 0 Å². The number of amidine groups is 1. The van der Waals surface area contributed by atoms with Gasteiger partial charge in [-0.15, -0.1) is 0 Å². The van der Waals surface area contributed by atoms with E-state index in [1.54, 1.807) is 0 Å². The molecule has 2 aliphatic rings. The topological polar surface area (TPSA) is 39.6 Å². The van der Waals surface area contributed by atoms with Crippen molar-refractivity contribution in [2.45, 2.75) is 6.42 Å². The maximum Gasteiger partial charge on any atom is 0.101 e. The van der Waals surface area contributed by atoms with Gasteiger partial charge in [-0.3, -0.25) is 5.41 Å². The lowest BCUT2D eigenvalue weighted by molar-refractivity contribution is 0.184. The van der Waals surface area contributed by atoms with E-state index in [4.69, 9.17) is 10.1 Å². The molecule has 1 atom stereocenters. The molecule has 14 heavy (non-hydrogen) atoms. The Bertz CT molecular complexity index is 205. The van der Waals surface area contributed by atoms with Crippen LogP contribution < -0.4 is 0 Å². The molecule has 2 heterocycles. The second-order valence-electron chi connectivity index (χ2n) is 4.24. The average Bonchev–Trinajstić information content (AvgIpc) is 2.71. The summed E-state index contributed by atoms with van der Waals surface area (Å²) in [6.07, 6.45) is 1.03. The lowest BCUT2D eigenvalue weighted by Gasteiger charge is -2.35. The first-order chi connectivity index (χ1) is 6.77. The van der Waals surface area contributed by atoms with Gasteiger partial charge < -0.3 is 14.5 Å². The van der Waals surface area contributed by atoms with Crippen LogP contribution >= 0.6 is 0 Å². The molecule has 2 fully saturated rings. The molecule has 1 unspecified atom stereocenters. The summed E-state index contributed by atoms with van der Waals surface area (Å²) in [5, 5.41) is 8.07. The molecule has 0 aromatic heterocycles. The van der Waals surface area contributed by atoms with E-state index in [2.05, 4.69) is 16.8 Å². The monoisotopic (exact) mass is 197 g/mol. The number of hydrogen-bond acceptors (Lipinski definition) is 3. The van der Waals surface area contributed by atoms with Gasteiger partial charge >= 0.3 is 0 Å². The molecule has 0 aromatic rings. The Morgan fingerprint density at radius 1 is 1.29 bits per heavy atom. The minimum Gasteiger partial charge on any atom is -0.381 e. The standard InChI is InChI=1S/C10H19N3O/c1-12-3-5-13(6-4-12)10(11)9-2-7-14-8-9/h9,11H,2-8H2,1H3. The Morgan fingerprint density at radius 3 is 2.57 bits per heavy atom. The van der Waals surface area contributed by atoms with Crippen molar-refractivity contribution >= 4 is 5.84 Å². The van der Waals surface area contributed by atoms with Crippen molar-refractivity contribution in [1.29, 1.82) is 5.41 Å². The zero-order chi connectivity index (χ0) is 9.97. The largest absolute Gasteiger partial charge is 0.381 e. The molecule has 0 saturated carbocycles. The van der Waals surface area contributed by atoms with E-state index < -0.39 is 0 Å². The maximum atomic E-state index is 8.07. The summed E-state index contributed by atoms with van der Waals surface area (Å²) >= 11 is 0. The minimum absolute atomic E-state index is 0.360. The molecule has 4 heteroatoms.